The minimum atomic E-state index is 0.392. The predicted molar refractivity (Wildman–Crippen MR) is 80.5 cm³/mol. The van der Waals surface area contributed by atoms with Gasteiger partial charge in [0.15, 0.2) is 0 Å². The molecule has 0 saturated heterocycles. The van der Waals surface area contributed by atoms with Gasteiger partial charge >= 0.3 is 0 Å². The van der Waals surface area contributed by atoms with Crippen LogP contribution in [0.2, 0.25) is 0 Å². The molecule has 1 unspecified atom stereocenters. The summed E-state index contributed by atoms with van der Waals surface area (Å²) < 4.78 is 5.10. The van der Waals surface area contributed by atoms with Crippen LogP contribution in [0.3, 0.4) is 0 Å². The molecule has 0 aliphatic heterocycles. The monoisotopic (exact) mass is 261 g/mol. The fraction of sp³-hybridized carbons (Fsp3) is 0.647. The number of nitrogens with one attached hydrogen (secondary N) is 1. The van der Waals surface area contributed by atoms with E-state index in [1.165, 1.54) is 30.4 Å². The summed E-state index contributed by atoms with van der Waals surface area (Å²) >= 11 is 0. The van der Waals surface area contributed by atoms with Gasteiger partial charge in [0.05, 0.1) is 6.61 Å². The molecule has 1 aromatic rings. The zero-order chi connectivity index (χ0) is 13.7. The summed E-state index contributed by atoms with van der Waals surface area (Å²) in [4.78, 5) is 0. The van der Waals surface area contributed by atoms with E-state index in [2.05, 4.69) is 43.4 Å². The Kier molecular flexibility index (Phi) is 5.00. The van der Waals surface area contributed by atoms with E-state index in [4.69, 9.17) is 4.74 Å². The Morgan fingerprint density at radius 2 is 1.95 bits per heavy atom. The first-order valence-electron chi connectivity index (χ1n) is 7.39. The van der Waals surface area contributed by atoms with Crippen LogP contribution in [0, 0.1) is 18.3 Å². The van der Waals surface area contributed by atoms with Crippen molar-refractivity contribution in [2.45, 2.75) is 33.1 Å². The molecule has 1 N–H and O–H groups in total. The Hall–Kier alpha value is -0.860. The van der Waals surface area contributed by atoms with Gasteiger partial charge in [-0.1, -0.05) is 36.8 Å². The smallest absolute Gasteiger partial charge is 0.0587 e. The third-order valence-electron chi connectivity index (χ3n) is 4.30. The lowest BCUT2D eigenvalue weighted by molar-refractivity contribution is 0.187. The van der Waals surface area contributed by atoms with Crippen molar-refractivity contribution in [1.29, 1.82) is 0 Å². The second-order valence-electron chi connectivity index (χ2n) is 6.26. The molecule has 1 aromatic carbocycles. The highest BCUT2D eigenvalue weighted by Gasteiger charge is 2.40. The first-order chi connectivity index (χ1) is 9.14. The summed E-state index contributed by atoms with van der Waals surface area (Å²) in [5, 5.41) is 3.55. The summed E-state index contributed by atoms with van der Waals surface area (Å²) in [6, 6.07) is 9.01. The molecule has 2 nitrogen and oxygen atoms in total. The van der Waals surface area contributed by atoms with Crippen LogP contribution >= 0.6 is 0 Å². The summed E-state index contributed by atoms with van der Waals surface area (Å²) in [6.07, 6.45) is 3.97. The van der Waals surface area contributed by atoms with Crippen LogP contribution in [-0.4, -0.2) is 26.8 Å². The maximum Gasteiger partial charge on any atom is 0.0587 e. The van der Waals surface area contributed by atoms with E-state index in [0.29, 0.717) is 5.41 Å². The maximum absolute atomic E-state index is 5.10. The molecule has 0 spiro atoms. The molecular weight excluding hydrogens is 234 g/mol. The Labute approximate surface area is 117 Å². The predicted octanol–water partition coefficient (Wildman–Crippen LogP) is 3.19. The lowest BCUT2D eigenvalue weighted by Gasteiger charge is -2.30. The van der Waals surface area contributed by atoms with Gasteiger partial charge in [-0.15, -0.1) is 0 Å². The van der Waals surface area contributed by atoms with E-state index in [1.54, 1.807) is 7.11 Å². The number of hydrogen-bond donors (Lipinski definition) is 1. The molecule has 2 heteroatoms. The fourth-order valence-corrected chi connectivity index (χ4v) is 2.85. The zero-order valence-corrected chi connectivity index (χ0v) is 12.5. The van der Waals surface area contributed by atoms with Gasteiger partial charge in [0.25, 0.3) is 0 Å². The summed E-state index contributed by atoms with van der Waals surface area (Å²) in [5.74, 6) is 0.892. The molecule has 0 bridgehead atoms. The molecule has 1 atom stereocenters. The van der Waals surface area contributed by atoms with Crippen LogP contribution in [0.25, 0.3) is 0 Å². The molecule has 1 fully saturated rings. The van der Waals surface area contributed by atoms with Gasteiger partial charge in [-0.2, -0.15) is 0 Å². The fourth-order valence-electron chi connectivity index (χ4n) is 2.85. The van der Waals surface area contributed by atoms with Crippen LogP contribution in [0.4, 0.5) is 0 Å². The van der Waals surface area contributed by atoms with Crippen molar-refractivity contribution < 1.29 is 4.74 Å². The molecule has 1 aliphatic rings. The number of hydrogen-bond acceptors (Lipinski definition) is 2. The maximum atomic E-state index is 5.10. The Morgan fingerprint density at radius 1 is 1.26 bits per heavy atom. The lowest BCUT2D eigenvalue weighted by Crippen LogP contribution is -2.37. The standard InChI is InChI=1S/C17H27NO/c1-14-4-6-15(7-5-14)12-17(2,16-8-9-16)13-18-10-11-19-3/h4-7,16,18H,8-13H2,1-3H3. The largest absolute Gasteiger partial charge is 0.383 e. The van der Waals surface area contributed by atoms with Crippen molar-refractivity contribution in [2.75, 3.05) is 26.8 Å². The van der Waals surface area contributed by atoms with Gasteiger partial charge < -0.3 is 10.1 Å². The third kappa shape index (κ3) is 4.32. The molecule has 0 radical (unpaired) electrons. The highest BCUT2D eigenvalue weighted by molar-refractivity contribution is 5.23. The van der Waals surface area contributed by atoms with Crippen LogP contribution < -0.4 is 5.32 Å². The molecule has 0 heterocycles. The first kappa shape index (κ1) is 14.5. The second kappa shape index (κ2) is 6.53. The number of benzene rings is 1. The van der Waals surface area contributed by atoms with Crippen molar-refractivity contribution in [3.05, 3.63) is 35.4 Å². The molecule has 0 amide bonds. The quantitative estimate of drug-likeness (QED) is 0.726. The van der Waals surface area contributed by atoms with Crippen LogP contribution in [0.5, 0.6) is 0 Å². The number of methoxy groups -OCH3 is 1. The van der Waals surface area contributed by atoms with E-state index in [1.807, 2.05) is 0 Å². The molecule has 19 heavy (non-hydrogen) atoms. The minimum absolute atomic E-state index is 0.392. The Morgan fingerprint density at radius 3 is 2.53 bits per heavy atom. The SMILES string of the molecule is COCCNCC(C)(Cc1ccc(C)cc1)C1CC1. The molecule has 1 aliphatic carbocycles. The normalized spacial score (nSPS) is 18.3. The van der Waals surface area contributed by atoms with Crippen LogP contribution in [0.15, 0.2) is 24.3 Å². The van der Waals surface area contributed by atoms with E-state index in [-0.39, 0.29) is 0 Å². The van der Waals surface area contributed by atoms with Crippen LogP contribution in [0.1, 0.15) is 30.9 Å². The number of ether oxygens (including phenoxy) is 1. The van der Waals surface area contributed by atoms with E-state index >= 15 is 0 Å². The lowest BCUT2D eigenvalue weighted by atomic mass is 9.78. The topological polar surface area (TPSA) is 21.3 Å². The van der Waals surface area contributed by atoms with Crippen molar-refractivity contribution in [3.63, 3.8) is 0 Å². The van der Waals surface area contributed by atoms with E-state index < -0.39 is 0 Å². The van der Waals surface area contributed by atoms with Gasteiger partial charge in [0.2, 0.25) is 0 Å². The highest BCUT2D eigenvalue weighted by Crippen LogP contribution is 2.47. The Bertz CT molecular complexity index is 383. The summed E-state index contributed by atoms with van der Waals surface area (Å²) in [5.41, 5.74) is 3.20. The van der Waals surface area contributed by atoms with Gasteiger partial charge in [-0.3, -0.25) is 0 Å². The minimum Gasteiger partial charge on any atom is -0.383 e. The first-order valence-corrected chi connectivity index (χ1v) is 7.39. The van der Waals surface area contributed by atoms with E-state index in [9.17, 15) is 0 Å². The van der Waals surface area contributed by atoms with Crippen molar-refractivity contribution in [2.24, 2.45) is 11.3 Å². The summed E-state index contributed by atoms with van der Waals surface area (Å²) in [6.45, 7) is 7.42. The van der Waals surface area contributed by atoms with Gasteiger partial charge in [-0.05, 0) is 43.1 Å². The number of rotatable bonds is 8. The van der Waals surface area contributed by atoms with Crippen molar-refractivity contribution in [1.82, 2.24) is 5.32 Å². The Balaban J connectivity index is 1.92. The average molecular weight is 261 g/mol. The number of aryl methyl sites for hydroxylation is 1. The van der Waals surface area contributed by atoms with E-state index in [0.717, 1.165) is 25.6 Å². The van der Waals surface area contributed by atoms with Crippen LogP contribution in [-0.2, 0) is 11.2 Å². The molecular formula is C17H27NO. The highest BCUT2D eigenvalue weighted by atomic mass is 16.5. The van der Waals surface area contributed by atoms with Gasteiger partial charge in [0, 0.05) is 20.2 Å². The average Bonchev–Trinajstić information content (AvgIpc) is 3.22. The van der Waals surface area contributed by atoms with Crippen molar-refractivity contribution >= 4 is 0 Å². The second-order valence-corrected chi connectivity index (χ2v) is 6.26. The third-order valence-corrected chi connectivity index (χ3v) is 4.30. The van der Waals surface area contributed by atoms with Crippen molar-refractivity contribution in [3.8, 4) is 0 Å². The molecule has 2 rings (SSSR count). The molecule has 0 aromatic heterocycles. The van der Waals surface area contributed by atoms with Gasteiger partial charge in [-0.25, -0.2) is 0 Å². The summed E-state index contributed by atoms with van der Waals surface area (Å²) in [7, 11) is 1.76. The molecule has 1 saturated carbocycles. The molecule has 106 valence electrons. The zero-order valence-electron chi connectivity index (χ0n) is 12.5. The van der Waals surface area contributed by atoms with Gasteiger partial charge in [0.1, 0.15) is 0 Å².